The van der Waals surface area contributed by atoms with E-state index < -0.39 is 0 Å². The molecule has 0 rings (SSSR count). The van der Waals surface area contributed by atoms with Crippen LogP contribution in [0.4, 0.5) is 0 Å². The second-order valence-electron chi connectivity index (χ2n) is 5.94. The Balaban J connectivity index is 4.39. The Labute approximate surface area is 155 Å². The second-order valence-corrected chi connectivity index (χ2v) is 6.74. The lowest BCUT2D eigenvalue weighted by Gasteiger charge is -2.29. The van der Waals surface area contributed by atoms with Gasteiger partial charge in [-0.2, -0.15) is 0 Å². The van der Waals surface area contributed by atoms with Crippen LogP contribution in [0.25, 0.3) is 0 Å². The topological polar surface area (TPSA) is 27.7 Å². The lowest BCUT2D eigenvalue weighted by atomic mass is 9.94. The lowest BCUT2D eigenvalue weighted by molar-refractivity contribution is -0.0489. The first kappa shape index (κ1) is 23.0. The summed E-state index contributed by atoms with van der Waals surface area (Å²) in [5.74, 6) is 1.15. The number of hydrogen-bond acceptors (Lipinski definition) is 3. The molecule has 134 valence electrons. The normalized spacial score (nSPS) is 11.5. The highest BCUT2D eigenvalue weighted by molar-refractivity contribution is 6.19. The van der Waals surface area contributed by atoms with E-state index in [1.165, 1.54) is 0 Å². The minimum Gasteiger partial charge on any atom is -0.376 e. The average molecular weight is 386 g/mol. The van der Waals surface area contributed by atoms with Crippen molar-refractivity contribution in [2.75, 3.05) is 57.3 Å². The van der Waals surface area contributed by atoms with Crippen LogP contribution in [-0.2, 0) is 14.2 Å². The summed E-state index contributed by atoms with van der Waals surface area (Å²) in [4.78, 5) is 0. The highest BCUT2D eigenvalue weighted by Gasteiger charge is 2.26. The largest absolute Gasteiger partial charge is 0.376 e. The van der Waals surface area contributed by atoms with E-state index in [2.05, 4.69) is 19.7 Å². The molecule has 0 aliphatic heterocycles. The van der Waals surface area contributed by atoms with Crippen LogP contribution in [0.5, 0.6) is 0 Å². The molecule has 0 saturated heterocycles. The quantitative estimate of drug-likeness (QED) is 0.308. The summed E-state index contributed by atoms with van der Waals surface area (Å²) in [5.41, 5.74) is 2.19. The van der Waals surface area contributed by atoms with Crippen LogP contribution < -0.4 is 0 Å². The molecule has 0 aromatic heterocycles. The number of hydrogen-bond donors (Lipinski definition) is 0. The van der Waals surface area contributed by atoms with Gasteiger partial charge in [-0.25, -0.2) is 0 Å². The molecular formula is C17H27Cl3O3. The molecule has 0 atom stereocenters. The van der Waals surface area contributed by atoms with Gasteiger partial charge in [-0.3, -0.25) is 0 Å². The van der Waals surface area contributed by atoms with Crippen molar-refractivity contribution in [2.45, 2.75) is 6.92 Å². The van der Waals surface area contributed by atoms with Gasteiger partial charge in [0.1, 0.15) is 0 Å². The fourth-order valence-electron chi connectivity index (χ4n) is 1.57. The van der Waals surface area contributed by atoms with Crippen molar-refractivity contribution < 1.29 is 14.2 Å². The van der Waals surface area contributed by atoms with Gasteiger partial charge >= 0.3 is 0 Å². The maximum absolute atomic E-state index is 5.70. The van der Waals surface area contributed by atoms with E-state index in [0.29, 0.717) is 57.3 Å². The first-order valence-electron chi connectivity index (χ1n) is 7.28. The number of alkyl halides is 3. The van der Waals surface area contributed by atoms with E-state index in [0.717, 1.165) is 16.7 Å². The molecule has 0 aromatic rings. The molecule has 0 aliphatic rings. The predicted octanol–water partition coefficient (Wildman–Crippen LogP) is 4.43. The van der Waals surface area contributed by atoms with Crippen molar-refractivity contribution in [2.24, 2.45) is 5.41 Å². The van der Waals surface area contributed by atoms with Crippen LogP contribution in [0, 0.1) is 5.41 Å². The van der Waals surface area contributed by atoms with E-state index >= 15 is 0 Å². The second kappa shape index (κ2) is 13.3. The molecule has 0 unspecified atom stereocenters. The Morgan fingerprint density at radius 3 is 1.17 bits per heavy atom. The third kappa shape index (κ3) is 12.0. The van der Waals surface area contributed by atoms with E-state index in [4.69, 9.17) is 49.0 Å². The molecule has 0 N–H and O–H groups in total. The van der Waals surface area contributed by atoms with Gasteiger partial charge in [-0.15, -0.1) is 34.8 Å². The summed E-state index contributed by atoms with van der Waals surface area (Å²) >= 11 is 17.1. The van der Waals surface area contributed by atoms with E-state index in [1.54, 1.807) is 0 Å². The summed E-state index contributed by atoms with van der Waals surface area (Å²) in [6, 6.07) is 0. The molecule has 0 aliphatic carbocycles. The van der Waals surface area contributed by atoms with Crippen LogP contribution in [-0.4, -0.2) is 57.3 Å². The molecule has 0 spiro atoms. The molecular weight excluding hydrogens is 359 g/mol. The van der Waals surface area contributed by atoms with Gasteiger partial charge < -0.3 is 14.2 Å². The summed E-state index contributed by atoms with van der Waals surface area (Å²) in [7, 11) is 0. The Bertz CT molecular complexity index is 328. The zero-order valence-corrected chi connectivity index (χ0v) is 16.1. The van der Waals surface area contributed by atoms with Crippen LogP contribution in [0.2, 0.25) is 0 Å². The smallest absolute Gasteiger partial charge is 0.0686 e. The van der Waals surface area contributed by atoms with E-state index in [9.17, 15) is 0 Å². The number of halogens is 3. The zero-order chi connectivity index (χ0) is 17.7. The standard InChI is InChI=1S/C17H27Cl3O3/c1-14(5-18)8-21-11-17(4,12-22-9-15(2)6-19)13-23-10-16(3)7-20/h1-3,5-13H2,4H3. The third-order valence-electron chi connectivity index (χ3n) is 2.84. The minimum atomic E-state index is -0.314. The molecule has 0 bridgehead atoms. The first-order valence-corrected chi connectivity index (χ1v) is 8.88. The Morgan fingerprint density at radius 1 is 0.696 bits per heavy atom. The summed E-state index contributed by atoms with van der Waals surface area (Å²) in [6.07, 6.45) is 0. The highest BCUT2D eigenvalue weighted by Crippen LogP contribution is 2.20. The lowest BCUT2D eigenvalue weighted by Crippen LogP contribution is -2.35. The van der Waals surface area contributed by atoms with Crippen molar-refractivity contribution in [3.8, 4) is 0 Å². The average Bonchev–Trinajstić information content (AvgIpc) is 2.54. The van der Waals surface area contributed by atoms with Crippen molar-refractivity contribution in [3.63, 3.8) is 0 Å². The van der Waals surface area contributed by atoms with Gasteiger partial charge in [0, 0.05) is 23.1 Å². The predicted molar refractivity (Wildman–Crippen MR) is 100 cm³/mol. The maximum atomic E-state index is 5.70. The molecule has 0 radical (unpaired) electrons. The first-order chi connectivity index (χ1) is 10.9. The summed E-state index contributed by atoms with van der Waals surface area (Å²) in [6.45, 7) is 16.1. The fraction of sp³-hybridized carbons (Fsp3) is 0.647. The van der Waals surface area contributed by atoms with Crippen molar-refractivity contribution in [1.82, 2.24) is 0 Å². The maximum Gasteiger partial charge on any atom is 0.0686 e. The van der Waals surface area contributed by atoms with Crippen molar-refractivity contribution in [3.05, 3.63) is 36.5 Å². The molecule has 6 heteroatoms. The van der Waals surface area contributed by atoms with Crippen LogP contribution in [0.15, 0.2) is 36.5 Å². The van der Waals surface area contributed by atoms with Crippen molar-refractivity contribution in [1.29, 1.82) is 0 Å². The molecule has 0 fully saturated rings. The number of rotatable bonds is 15. The van der Waals surface area contributed by atoms with Crippen molar-refractivity contribution >= 4 is 34.8 Å². The van der Waals surface area contributed by atoms with Crippen LogP contribution in [0.1, 0.15) is 6.92 Å². The van der Waals surface area contributed by atoms with E-state index in [1.807, 2.05) is 6.92 Å². The van der Waals surface area contributed by atoms with Gasteiger partial charge in [0.05, 0.1) is 39.6 Å². The SMILES string of the molecule is C=C(CCl)COCC(C)(COCC(=C)CCl)COCC(=C)CCl. The van der Waals surface area contributed by atoms with Crippen LogP contribution >= 0.6 is 34.8 Å². The minimum absolute atomic E-state index is 0.314. The van der Waals surface area contributed by atoms with Gasteiger partial charge in [0.15, 0.2) is 0 Å². The Kier molecular flexibility index (Phi) is 13.3. The highest BCUT2D eigenvalue weighted by atomic mass is 35.5. The zero-order valence-electron chi connectivity index (χ0n) is 13.8. The van der Waals surface area contributed by atoms with Crippen LogP contribution in [0.3, 0.4) is 0 Å². The summed E-state index contributed by atoms with van der Waals surface area (Å²) < 4.78 is 17.0. The fourth-order valence-corrected chi connectivity index (χ4v) is 1.80. The third-order valence-corrected chi connectivity index (χ3v) is 3.97. The molecule has 0 saturated carbocycles. The molecule has 0 heterocycles. The summed E-state index contributed by atoms with van der Waals surface area (Å²) in [5, 5.41) is 0. The van der Waals surface area contributed by atoms with Gasteiger partial charge in [-0.05, 0) is 16.7 Å². The molecule has 0 amide bonds. The molecule has 0 aromatic carbocycles. The Morgan fingerprint density at radius 2 is 0.957 bits per heavy atom. The molecule has 3 nitrogen and oxygen atoms in total. The Hall–Kier alpha value is -0.0300. The monoisotopic (exact) mass is 384 g/mol. The van der Waals surface area contributed by atoms with Gasteiger partial charge in [0.2, 0.25) is 0 Å². The molecule has 23 heavy (non-hydrogen) atoms. The van der Waals surface area contributed by atoms with E-state index in [-0.39, 0.29) is 5.41 Å². The number of ether oxygens (including phenoxy) is 3. The van der Waals surface area contributed by atoms with Gasteiger partial charge in [0.25, 0.3) is 0 Å². The van der Waals surface area contributed by atoms with Gasteiger partial charge in [-0.1, -0.05) is 26.7 Å².